The van der Waals surface area contributed by atoms with Crippen molar-refractivity contribution in [2.24, 2.45) is 0 Å². The summed E-state index contributed by atoms with van der Waals surface area (Å²) in [7, 11) is 0. The summed E-state index contributed by atoms with van der Waals surface area (Å²) >= 11 is 0. The molecule has 0 amide bonds. The largest absolute Gasteiger partial charge is 0.507 e. The van der Waals surface area contributed by atoms with Gasteiger partial charge in [0.05, 0.1) is 0 Å². The molecule has 0 heterocycles. The van der Waals surface area contributed by atoms with Crippen molar-refractivity contribution in [2.75, 3.05) is 0 Å². The molecule has 0 spiro atoms. The van der Waals surface area contributed by atoms with Gasteiger partial charge in [-0.1, -0.05) is 59.2 Å². The molecular formula is C15H24OY. The summed E-state index contributed by atoms with van der Waals surface area (Å²) in [4.78, 5) is 0. The molecule has 0 atom stereocenters. The van der Waals surface area contributed by atoms with Crippen LogP contribution < -0.4 is 0 Å². The number of benzene rings is 1. The summed E-state index contributed by atoms with van der Waals surface area (Å²) < 4.78 is 0. The fraction of sp³-hybridized carbons (Fsp3) is 0.600. The van der Waals surface area contributed by atoms with Gasteiger partial charge in [-0.05, 0) is 28.9 Å². The maximum atomic E-state index is 10.4. The third-order valence-electron chi connectivity index (χ3n) is 2.87. The van der Waals surface area contributed by atoms with E-state index in [1.165, 1.54) is 5.56 Å². The molecule has 0 bridgehead atoms. The standard InChI is InChI=1S/C15H24O.Y/c1-10-8-11(14(2,3)4)13(16)12(9-10)15(5,6)7;/h8-9,16H,1-7H3;. The minimum absolute atomic E-state index is 0. The topological polar surface area (TPSA) is 20.2 Å². The molecule has 0 unspecified atom stereocenters. The Morgan fingerprint density at radius 1 is 0.824 bits per heavy atom. The van der Waals surface area contributed by atoms with Crippen molar-refractivity contribution >= 4 is 0 Å². The van der Waals surface area contributed by atoms with E-state index in [1.54, 1.807) is 0 Å². The van der Waals surface area contributed by atoms with Crippen molar-refractivity contribution in [2.45, 2.75) is 59.3 Å². The fourth-order valence-electron chi connectivity index (χ4n) is 1.92. The van der Waals surface area contributed by atoms with E-state index in [9.17, 15) is 5.11 Å². The van der Waals surface area contributed by atoms with E-state index in [2.05, 4.69) is 60.6 Å². The first kappa shape index (κ1) is 17.1. The van der Waals surface area contributed by atoms with E-state index in [4.69, 9.17) is 0 Å². The Morgan fingerprint density at radius 3 is 1.35 bits per heavy atom. The average Bonchev–Trinajstić information content (AvgIpc) is 2.04. The van der Waals surface area contributed by atoms with Gasteiger partial charge < -0.3 is 5.11 Å². The third kappa shape index (κ3) is 4.07. The van der Waals surface area contributed by atoms with Gasteiger partial charge in [0.1, 0.15) is 5.75 Å². The third-order valence-corrected chi connectivity index (χ3v) is 2.87. The van der Waals surface area contributed by atoms with Gasteiger partial charge in [-0.15, -0.1) is 0 Å². The maximum absolute atomic E-state index is 10.4. The van der Waals surface area contributed by atoms with Gasteiger partial charge >= 0.3 is 0 Å². The Hall–Kier alpha value is 0.124. The number of aromatic hydroxyl groups is 1. The van der Waals surface area contributed by atoms with Crippen molar-refractivity contribution in [3.63, 3.8) is 0 Å². The van der Waals surface area contributed by atoms with Crippen LogP contribution in [0, 0.1) is 6.92 Å². The van der Waals surface area contributed by atoms with Gasteiger partial charge in [-0.25, -0.2) is 0 Å². The van der Waals surface area contributed by atoms with Crippen molar-refractivity contribution in [1.29, 1.82) is 0 Å². The van der Waals surface area contributed by atoms with Crippen LogP contribution in [0.15, 0.2) is 12.1 Å². The predicted molar refractivity (Wildman–Crippen MR) is 70.2 cm³/mol. The van der Waals surface area contributed by atoms with Gasteiger partial charge in [0.15, 0.2) is 0 Å². The molecule has 1 aromatic rings. The molecule has 0 aliphatic rings. The Bertz CT molecular complexity index is 359. The van der Waals surface area contributed by atoms with Crippen molar-refractivity contribution in [3.8, 4) is 5.75 Å². The number of hydrogen-bond acceptors (Lipinski definition) is 1. The molecule has 17 heavy (non-hydrogen) atoms. The molecule has 0 saturated heterocycles. The van der Waals surface area contributed by atoms with Crippen LogP contribution in [0.3, 0.4) is 0 Å². The van der Waals surface area contributed by atoms with Gasteiger partial charge in [0.2, 0.25) is 0 Å². The number of phenols is 1. The normalized spacial score (nSPS) is 12.2. The van der Waals surface area contributed by atoms with E-state index < -0.39 is 0 Å². The zero-order valence-electron chi connectivity index (χ0n) is 12.2. The number of aryl methyl sites for hydroxylation is 1. The predicted octanol–water partition coefficient (Wildman–Crippen LogP) is 4.29. The van der Waals surface area contributed by atoms with Crippen LogP contribution in [0.2, 0.25) is 0 Å². The molecule has 2 heteroatoms. The van der Waals surface area contributed by atoms with Crippen LogP contribution in [0.4, 0.5) is 0 Å². The Morgan fingerprint density at radius 2 is 1.12 bits per heavy atom. The van der Waals surface area contributed by atoms with Gasteiger partial charge in [-0.2, -0.15) is 0 Å². The molecule has 0 aromatic heterocycles. The van der Waals surface area contributed by atoms with Crippen molar-refractivity contribution in [3.05, 3.63) is 28.8 Å². The quantitative estimate of drug-likeness (QED) is 0.758. The molecule has 93 valence electrons. The second-order valence-corrected chi connectivity index (χ2v) is 6.71. The monoisotopic (exact) mass is 309 g/mol. The van der Waals surface area contributed by atoms with E-state index in [0.717, 1.165) is 11.1 Å². The zero-order chi connectivity index (χ0) is 12.7. The first-order valence-corrected chi connectivity index (χ1v) is 5.88. The van der Waals surface area contributed by atoms with Crippen LogP contribution in [0.5, 0.6) is 5.75 Å². The minimum atomic E-state index is -0.0178. The molecule has 0 saturated carbocycles. The fourth-order valence-corrected chi connectivity index (χ4v) is 1.92. The minimum Gasteiger partial charge on any atom is -0.507 e. The summed E-state index contributed by atoms with van der Waals surface area (Å²) in [5, 5.41) is 10.4. The van der Waals surface area contributed by atoms with E-state index >= 15 is 0 Å². The Balaban J connectivity index is 0.00000256. The van der Waals surface area contributed by atoms with Gasteiger partial charge in [0.25, 0.3) is 0 Å². The summed E-state index contributed by atoms with van der Waals surface area (Å²) in [5.74, 6) is 0.464. The second-order valence-electron chi connectivity index (χ2n) is 6.71. The molecule has 0 aliphatic carbocycles. The smallest absolute Gasteiger partial charge is 0.123 e. The van der Waals surface area contributed by atoms with Crippen LogP contribution in [-0.4, -0.2) is 5.11 Å². The van der Waals surface area contributed by atoms with Crippen LogP contribution >= 0.6 is 0 Å². The molecule has 1 N–H and O–H groups in total. The maximum Gasteiger partial charge on any atom is 0.123 e. The number of hydrogen-bond donors (Lipinski definition) is 1. The molecule has 0 fully saturated rings. The van der Waals surface area contributed by atoms with E-state index in [-0.39, 0.29) is 43.5 Å². The van der Waals surface area contributed by atoms with E-state index in [0.29, 0.717) is 5.75 Å². The second kappa shape index (κ2) is 5.40. The van der Waals surface area contributed by atoms with Crippen molar-refractivity contribution in [1.82, 2.24) is 0 Å². The molecule has 0 aliphatic heterocycles. The molecule has 1 rings (SSSR count). The Labute approximate surface area is 131 Å². The zero-order valence-corrected chi connectivity index (χ0v) is 15.0. The van der Waals surface area contributed by atoms with Gasteiger partial charge in [0, 0.05) is 32.7 Å². The Kier molecular flexibility index (Phi) is 5.44. The first-order valence-electron chi connectivity index (χ1n) is 5.88. The van der Waals surface area contributed by atoms with Crippen LogP contribution in [-0.2, 0) is 43.5 Å². The molecule has 1 nitrogen and oxygen atoms in total. The van der Waals surface area contributed by atoms with E-state index in [1.807, 2.05) is 0 Å². The van der Waals surface area contributed by atoms with Gasteiger partial charge in [-0.3, -0.25) is 0 Å². The van der Waals surface area contributed by atoms with Crippen molar-refractivity contribution < 1.29 is 37.8 Å². The first-order chi connectivity index (χ1) is 7.03. The van der Waals surface area contributed by atoms with Crippen LogP contribution in [0.1, 0.15) is 58.2 Å². The number of phenolic OH excluding ortho intramolecular Hbond substituents is 1. The average molecular weight is 309 g/mol. The summed E-state index contributed by atoms with van der Waals surface area (Å²) in [6.07, 6.45) is 0. The summed E-state index contributed by atoms with van der Waals surface area (Å²) in [5.41, 5.74) is 3.26. The SMILES string of the molecule is Cc1cc(C(C)(C)C)c(O)c(C(C)(C)C)c1.[Y]. The molecular weight excluding hydrogens is 285 g/mol. The molecule has 1 aromatic carbocycles. The summed E-state index contributed by atoms with van der Waals surface area (Å²) in [6.45, 7) is 14.9. The number of rotatable bonds is 0. The van der Waals surface area contributed by atoms with Crippen LogP contribution in [0.25, 0.3) is 0 Å². The summed E-state index contributed by atoms with van der Waals surface area (Å²) in [6, 6.07) is 4.18. The molecule has 1 radical (unpaired) electrons.